The maximum absolute atomic E-state index is 13.4. The topological polar surface area (TPSA) is 47.3 Å². The van der Waals surface area contributed by atoms with E-state index in [2.05, 4.69) is 21.4 Å². The molecule has 0 fully saturated rings. The molecule has 100 valence electrons. The first kappa shape index (κ1) is 14.0. The number of nitrogens with one attached hydrogen (secondary N) is 1. The van der Waals surface area contributed by atoms with Crippen LogP contribution in [0.2, 0.25) is 0 Å². The van der Waals surface area contributed by atoms with E-state index in [1.165, 1.54) is 12.1 Å². The molecule has 19 heavy (non-hydrogen) atoms. The molecule has 1 atom stereocenters. The van der Waals surface area contributed by atoms with Crippen molar-refractivity contribution in [2.45, 2.75) is 6.04 Å². The molecule has 0 aliphatic carbocycles. The molecule has 0 spiro atoms. The van der Waals surface area contributed by atoms with E-state index >= 15 is 0 Å². The molecule has 0 saturated heterocycles. The molecular weight excluding hydrogens is 311 g/mol. The van der Waals surface area contributed by atoms with Gasteiger partial charge in [-0.1, -0.05) is 28.1 Å². The van der Waals surface area contributed by atoms with E-state index in [1.807, 2.05) is 24.3 Å². The Hall–Kier alpha value is -1.43. The van der Waals surface area contributed by atoms with Crippen LogP contribution in [0, 0.1) is 5.82 Å². The van der Waals surface area contributed by atoms with Crippen LogP contribution in [0.4, 0.5) is 4.39 Å². The van der Waals surface area contributed by atoms with Crippen molar-refractivity contribution < 1.29 is 9.13 Å². The minimum absolute atomic E-state index is 0.326. The van der Waals surface area contributed by atoms with Crippen molar-refractivity contribution >= 4 is 15.9 Å². The van der Waals surface area contributed by atoms with E-state index in [-0.39, 0.29) is 11.9 Å². The summed E-state index contributed by atoms with van der Waals surface area (Å²) in [6.07, 6.45) is 0. The summed E-state index contributed by atoms with van der Waals surface area (Å²) >= 11 is 3.38. The summed E-state index contributed by atoms with van der Waals surface area (Å²) in [7, 11) is 1.55. The fourth-order valence-corrected chi connectivity index (χ4v) is 2.22. The van der Waals surface area contributed by atoms with E-state index < -0.39 is 0 Å². The molecule has 0 heterocycles. The Kier molecular flexibility index (Phi) is 4.52. The minimum atomic E-state index is -0.334. The van der Waals surface area contributed by atoms with Gasteiger partial charge in [-0.15, -0.1) is 0 Å². The van der Waals surface area contributed by atoms with Gasteiger partial charge in [0.2, 0.25) is 0 Å². The van der Waals surface area contributed by atoms with Crippen LogP contribution in [0.3, 0.4) is 0 Å². The van der Waals surface area contributed by atoms with Crippen molar-refractivity contribution in [1.82, 2.24) is 5.43 Å². The molecule has 0 amide bonds. The first-order valence-electron chi connectivity index (χ1n) is 5.70. The van der Waals surface area contributed by atoms with Gasteiger partial charge in [0.05, 0.1) is 13.2 Å². The van der Waals surface area contributed by atoms with Crippen LogP contribution in [0.25, 0.3) is 0 Å². The number of nitrogens with two attached hydrogens (primary N) is 1. The normalized spacial score (nSPS) is 12.2. The number of halogens is 2. The van der Waals surface area contributed by atoms with Crippen molar-refractivity contribution in [2.24, 2.45) is 5.84 Å². The summed E-state index contributed by atoms with van der Waals surface area (Å²) in [5.74, 6) is 5.87. The molecule has 5 heteroatoms. The van der Waals surface area contributed by atoms with E-state index in [4.69, 9.17) is 10.6 Å². The molecule has 2 rings (SSSR count). The fourth-order valence-electron chi connectivity index (χ4n) is 1.95. The largest absolute Gasteiger partial charge is 0.496 e. The molecule has 3 nitrogen and oxygen atoms in total. The van der Waals surface area contributed by atoms with Crippen molar-refractivity contribution in [3.05, 3.63) is 63.9 Å². The van der Waals surface area contributed by atoms with Gasteiger partial charge in [0.1, 0.15) is 11.6 Å². The number of hydrazine groups is 1. The molecule has 2 aromatic carbocycles. The molecule has 3 N–H and O–H groups in total. The molecular formula is C14H14BrFN2O. The van der Waals surface area contributed by atoms with Crippen LogP contribution in [0.15, 0.2) is 46.9 Å². The molecule has 0 radical (unpaired) electrons. The van der Waals surface area contributed by atoms with Crippen LogP contribution >= 0.6 is 15.9 Å². The van der Waals surface area contributed by atoms with E-state index in [1.54, 1.807) is 13.2 Å². The van der Waals surface area contributed by atoms with Gasteiger partial charge in [-0.2, -0.15) is 0 Å². The summed E-state index contributed by atoms with van der Waals surface area (Å²) in [5, 5.41) is 0. The highest BCUT2D eigenvalue weighted by Gasteiger charge is 2.17. The lowest BCUT2D eigenvalue weighted by molar-refractivity contribution is 0.402. The van der Waals surface area contributed by atoms with Crippen molar-refractivity contribution in [1.29, 1.82) is 0 Å². The summed E-state index contributed by atoms with van der Waals surface area (Å²) in [6, 6.07) is 11.7. The third-order valence-corrected chi connectivity index (χ3v) is 3.40. The van der Waals surface area contributed by atoms with Gasteiger partial charge in [0.15, 0.2) is 0 Å². The summed E-state index contributed by atoms with van der Waals surface area (Å²) in [4.78, 5) is 0. The summed E-state index contributed by atoms with van der Waals surface area (Å²) in [6.45, 7) is 0. The maximum Gasteiger partial charge on any atom is 0.124 e. The van der Waals surface area contributed by atoms with E-state index in [0.29, 0.717) is 11.3 Å². The van der Waals surface area contributed by atoms with E-state index in [0.717, 1.165) is 10.0 Å². The Labute approximate surface area is 119 Å². The zero-order valence-electron chi connectivity index (χ0n) is 10.4. The van der Waals surface area contributed by atoms with Crippen LogP contribution in [0.5, 0.6) is 5.75 Å². The number of hydrogen-bond acceptors (Lipinski definition) is 3. The van der Waals surface area contributed by atoms with Gasteiger partial charge >= 0.3 is 0 Å². The maximum atomic E-state index is 13.4. The molecule has 2 aromatic rings. The lowest BCUT2D eigenvalue weighted by Gasteiger charge is -2.19. The van der Waals surface area contributed by atoms with Gasteiger partial charge in [-0.25, -0.2) is 9.82 Å². The van der Waals surface area contributed by atoms with Gasteiger partial charge in [0.25, 0.3) is 0 Å². The highest BCUT2D eigenvalue weighted by Crippen LogP contribution is 2.30. The van der Waals surface area contributed by atoms with Crippen molar-refractivity contribution in [3.63, 3.8) is 0 Å². The smallest absolute Gasteiger partial charge is 0.124 e. The lowest BCUT2D eigenvalue weighted by atomic mass is 9.98. The Bertz CT molecular complexity index is 560. The first-order valence-corrected chi connectivity index (χ1v) is 6.50. The predicted molar refractivity (Wildman–Crippen MR) is 76.3 cm³/mol. The lowest BCUT2D eigenvalue weighted by Crippen LogP contribution is -2.29. The molecule has 0 aliphatic heterocycles. The minimum Gasteiger partial charge on any atom is -0.496 e. The number of rotatable bonds is 4. The van der Waals surface area contributed by atoms with Crippen molar-refractivity contribution in [3.8, 4) is 5.75 Å². The molecule has 0 aromatic heterocycles. The number of benzene rings is 2. The number of hydrogen-bond donors (Lipinski definition) is 2. The second kappa shape index (κ2) is 6.14. The summed E-state index contributed by atoms with van der Waals surface area (Å²) in [5.41, 5.74) is 4.28. The Morgan fingerprint density at radius 2 is 1.89 bits per heavy atom. The van der Waals surface area contributed by atoms with E-state index in [9.17, 15) is 4.39 Å². The summed E-state index contributed by atoms with van der Waals surface area (Å²) < 4.78 is 19.7. The third-order valence-electron chi connectivity index (χ3n) is 2.87. The number of methoxy groups -OCH3 is 1. The highest BCUT2D eigenvalue weighted by atomic mass is 79.9. The third kappa shape index (κ3) is 3.12. The molecule has 0 aliphatic rings. The standard InChI is InChI=1S/C14H14BrFN2O/c1-19-13-7-6-11(16)8-12(13)14(18-17)9-2-4-10(15)5-3-9/h2-8,14,18H,17H2,1H3. The van der Waals surface area contributed by atoms with Gasteiger partial charge < -0.3 is 4.74 Å². The second-order valence-electron chi connectivity index (χ2n) is 4.04. The molecule has 1 unspecified atom stereocenters. The van der Waals surface area contributed by atoms with Crippen LogP contribution < -0.4 is 16.0 Å². The Morgan fingerprint density at radius 1 is 1.21 bits per heavy atom. The molecule has 0 saturated carbocycles. The zero-order chi connectivity index (χ0) is 13.8. The van der Waals surface area contributed by atoms with Crippen LogP contribution in [-0.4, -0.2) is 7.11 Å². The zero-order valence-corrected chi connectivity index (χ0v) is 11.9. The Morgan fingerprint density at radius 3 is 2.47 bits per heavy atom. The quantitative estimate of drug-likeness (QED) is 0.671. The first-order chi connectivity index (χ1) is 9.15. The predicted octanol–water partition coefficient (Wildman–Crippen LogP) is 3.15. The average molecular weight is 325 g/mol. The van der Waals surface area contributed by atoms with Gasteiger partial charge in [-0.05, 0) is 35.9 Å². The SMILES string of the molecule is COc1ccc(F)cc1C(NN)c1ccc(Br)cc1. The highest BCUT2D eigenvalue weighted by molar-refractivity contribution is 9.10. The van der Waals surface area contributed by atoms with Crippen LogP contribution in [-0.2, 0) is 0 Å². The average Bonchev–Trinajstić information content (AvgIpc) is 2.42. The fraction of sp³-hybridized carbons (Fsp3) is 0.143. The van der Waals surface area contributed by atoms with Crippen molar-refractivity contribution in [2.75, 3.05) is 7.11 Å². The Balaban J connectivity index is 2.47. The number of ether oxygens (including phenoxy) is 1. The van der Waals surface area contributed by atoms with Crippen LogP contribution in [0.1, 0.15) is 17.2 Å². The molecule has 0 bridgehead atoms. The van der Waals surface area contributed by atoms with Gasteiger partial charge in [-0.3, -0.25) is 5.84 Å². The second-order valence-corrected chi connectivity index (χ2v) is 4.95. The monoisotopic (exact) mass is 324 g/mol. The van der Waals surface area contributed by atoms with Gasteiger partial charge in [0, 0.05) is 10.0 Å².